The summed E-state index contributed by atoms with van der Waals surface area (Å²) in [5.41, 5.74) is 0.733. The normalized spacial score (nSPS) is 17.2. The van der Waals surface area contributed by atoms with Crippen LogP contribution in [-0.2, 0) is 0 Å². The fourth-order valence-corrected chi connectivity index (χ4v) is 2.75. The van der Waals surface area contributed by atoms with Gasteiger partial charge in [0.15, 0.2) is 0 Å². The van der Waals surface area contributed by atoms with Gasteiger partial charge in [-0.15, -0.1) is 12.4 Å². The maximum Gasteiger partial charge on any atom is 0.322 e. The van der Waals surface area contributed by atoms with E-state index in [1.54, 1.807) is 23.4 Å². The van der Waals surface area contributed by atoms with Gasteiger partial charge in [0.1, 0.15) is 5.69 Å². The minimum atomic E-state index is -0.576. The summed E-state index contributed by atoms with van der Waals surface area (Å²) in [5, 5.41) is 20.8. The Labute approximate surface area is 144 Å². The average molecular weight is 353 g/mol. The quantitative estimate of drug-likeness (QED) is 0.633. The van der Waals surface area contributed by atoms with E-state index in [9.17, 15) is 14.9 Å². The van der Waals surface area contributed by atoms with Gasteiger partial charge in [0.05, 0.1) is 11.0 Å². The van der Waals surface area contributed by atoms with Crippen LogP contribution in [0.25, 0.3) is 0 Å². The topological polar surface area (TPSA) is 117 Å². The maximum absolute atomic E-state index is 12.8. The van der Waals surface area contributed by atoms with Crippen LogP contribution in [0.4, 0.5) is 5.69 Å². The summed E-state index contributed by atoms with van der Waals surface area (Å²) in [6.45, 7) is 3.16. The summed E-state index contributed by atoms with van der Waals surface area (Å²) in [5.74, 6) is -0.448. The second-order valence-electron chi connectivity index (χ2n) is 5.31. The van der Waals surface area contributed by atoms with Gasteiger partial charge in [-0.25, -0.2) is 0 Å². The van der Waals surface area contributed by atoms with E-state index in [1.165, 1.54) is 6.92 Å². The van der Waals surface area contributed by atoms with Crippen LogP contribution in [0.5, 0.6) is 0 Å². The standard InChI is InChI=1S/C14H16N6O3.ClH/c1-9-13(20(22)23)12(18-17-9)14(21)19-6-5-16-8-11(19)10-3-2-4-15-7-10;/h2-4,7,11,16H,5-6,8H2,1H3,(H,17,18);1H. The zero-order chi connectivity index (χ0) is 16.4. The molecule has 0 spiro atoms. The Morgan fingerprint density at radius 2 is 2.29 bits per heavy atom. The molecule has 0 saturated carbocycles. The van der Waals surface area contributed by atoms with E-state index in [-0.39, 0.29) is 35.5 Å². The van der Waals surface area contributed by atoms with Gasteiger partial charge in [-0.3, -0.25) is 25.0 Å². The fourth-order valence-electron chi connectivity index (χ4n) is 2.75. The Bertz CT molecular complexity index is 735. The Balaban J connectivity index is 0.00000208. The number of amides is 1. The predicted octanol–water partition coefficient (Wildman–Crippen LogP) is 1.23. The number of nitro groups is 1. The number of carbonyl (C=O) groups excluding carboxylic acids is 1. The maximum atomic E-state index is 12.8. The molecule has 1 atom stereocenters. The van der Waals surface area contributed by atoms with Crippen molar-refractivity contribution in [3.8, 4) is 0 Å². The van der Waals surface area contributed by atoms with Crippen molar-refractivity contribution in [2.45, 2.75) is 13.0 Å². The number of aryl methyl sites for hydroxylation is 1. The van der Waals surface area contributed by atoms with Crippen molar-refractivity contribution < 1.29 is 9.72 Å². The predicted molar refractivity (Wildman–Crippen MR) is 88.1 cm³/mol. The number of nitrogens with zero attached hydrogens (tertiary/aromatic N) is 4. The molecule has 3 rings (SSSR count). The van der Waals surface area contributed by atoms with Gasteiger partial charge in [0.25, 0.3) is 5.91 Å². The summed E-state index contributed by atoms with van der Waals surface area (Å²) in [7, 11) is 0. The molecule has 1 fully saturated rings. The number of aromatic nitrogens is 3. The molecular formula is C14H17ClN6O3. The van der Waals surface area contributed by atoms with E-state index >= 15 is 0 Å². The minimum Gasteiger partial charge on any atom is -0.327 e. The van der Waals surface area contributed by atoms with E-state index < -0.39 is 10.8 Å². The molecule has 0 bridgehead atoms. The number of hydrogen-bond acceptors (Lipinski definition) is 6. The highest BCUT2D eigenvalue weighted by Crippen LogP contribution is 2.27. The van der Waals surface area contributed by atoms with Crippen LogP contribution in [0.1, 0.15) is 27.8 Å². The molecular weight excluding hydrogens is 336 g/mol. The summed E-state index contributed by atoms with van der Waals surface area (Å²) in [6.07, 6.45) is 3.36. The van der Waals surface area contributed by atoms with Crippen molar-refractivity contribution in [1.82, 2.24) is 25.4 Å². The van der Waals surface area contributed by atoms with Crippen LogP contribution in [0.15, 0.2) is 24.5 Å². The molecule has 2 N–H and O–H groups in total. The lowest BCUT2D eigenvalue weighted by molar-refractivity contribution is -0.385. The molecule has 24 heavy (non-hydrogen) atoms. The lowest BCUT2D eigenvalue weighted by Crippen LogP contribution is -2.48. The number of carbonyl (C=O) groups is 1. The molecule has 2 aromatic heterocycles. The third-order valence-corrected chi connectivity index (χ3v) is 3.87. The first kappa shape index (κ1) is 17.8. The second-order valence-corrected chi connectivity index (χ2v) is 5.31. The monoisotopic (exact) mass is 352 g/mol. The molecule has 0 aliphatic carbocycles. The number of hydrogen-bond donors (Lipinski definition) is 2. The molecule has 1 saturated heterocycles. The van der Waals surface area contributed by atoms with Gasteiger partial charge < -0.3 is 10.2 Å². The van der Waals surface area contributed by atoms with Crippen LogP contribution in [0, 0.1) is 17.0 Å². The Morgan fingerprint density at radius 1 is 1.50 bits per heavy atom. The second kappa shape index (κ2) is 7.37. The number of piperazine rings is 1. The molecule has 0 aromatic carbocycles. The number of pyridine rings is 1. The first-order chi connectivity index (χ1) is 11.1. The van der Waals surface area contributed by atoms with Gasteiger partial charge >= 0.3 is 5.69 Å². The Kier molecular flexibility index (Phi) is 5.47. The summed E-state index contributed by atoms with van der Waals surface area (Å²) < 4.78 is 0. The fraction of sp³-hybridized carbons (Fsp3) is 0.357. The molecule has 1 unspecified atom stereocenters. The van der Waals surface area contributed by atoms with Crippen LogP contribution in [0.3, 0.4) is 0 Å². The van der Waals surface area contributed by atoms with Gasteiger partial charge in [0, 0.05) is 32.0 Å². The first-order valence-corrected chi connectivity index (χ1v) is 7.20. The van der Waals surface area contributed by atoms with Crippen LogP contribution < -0.4 is 5.32 Å². The molecule has 128 valence electrons. The van der Waals surface area contributed by atoms with Crippen molar-refractivity contribution in [3.05, 3.63) is 51.6 Å². The molecule has 1 aliphatic rings. The molecule has 2 aromatic rings. The van der Waals surface area contributed by atoms with Gasteiger partial charge in [0.2, 0.25) is 5.69 Å². The SMILES string of the molecule is Cc1[nH]nc(C(=O)N2CCNCC2c2cccnc2)c1[N+](=O)[O-].Cl. The van der Waals surface area contributed by atoms with E-state index in [2.05, 4.69) is 20.5 Å². The van der Waals surface area contributed by atoms with E-state index in [1.807, 2.05) is 6.07 Å². The Morgan fingerprint density at radius 3 is 2.96 bits per heavy atom. The van der Waals surface area contributed by atoms with E-state index in [0.717, 1.165) is 5.56 Å². The minimum absolute atomic E-state index is 0. The smallest absolute Gasteiger partial charge is 0.322 e. The highest BCUT2D eigenvalue weighted by atomic mass is 35.5. The van der Waals surface area contributed by atoms with Gasteiger partial charge in [-0.05, 0) is 18.6 Å². The molecule has 1 amide bonds. The summed E-state index contributed by atoms with van der Waals surface area (Å²) in [6, 6.07) is 3.45. The Hall–Kier alpha value is -2.52. The van der Waals surface area contributed by atoms with Crippen LogP contribution in [0.2, 0.25) is 0 Å². The van der Waals surface area contributed by atoms with Gasteiger partial charge in [-0.1, -0.05) is 6.07 Å². The third kappa shape index (κ3) is 3.22. The van der Waals surface area contributed by atoms with Crippen molar-refractivity contribution >= 4 is 24.0 Å². The third-order valence-electron chi connectivity index (χ3n) is 3.87. The van der Waals surface area contributed by atoms with Crippen molar-refractivity contribution in [1.29, 1.82) is 0 Å². The molecule has 3 heterocycles. The highest BCUT2D eigenvalue weighted by molar-refractivity contribution is 5.97. The zero-order valence-electron chi connectivity index (χ0n) is 12.9. The van der Waals surface area contributed by atoms with Gasteiger partial charge in [-0.2, -0.15) is 5.10 Å². The number of H-pyrrole nitrogens is 1. The molecule has 1 aliphatic heterocycles. The number of nitrogens with one attached hydrogen (secondary N) is 2. The van der Waals surface area contributed by atoms with Crippen molar-refractivity contribution in [2.24, 2.45) is 0 Å². The van der Waals surface area contributed by atoms with Crippen LogP contribution in [-0.4, -0.2) is 50.5 Å². The summed E-state index contributed by atoms with van der Waals surface area (Å²) >= 11 is 0. The first-order valence-electron chi connectivity index (χ1n) is 7.20. The van der Waals surface area contributed by atoms with E-state index in [4.69, 9.17) is 0 Å². The lowest BCUT2D eigenvalue weighted by atomic mass is 10.0. The molecule has 10 heteroatoms. The van der Waals surface area contributed by atoms with Crippen molar-refractivity contribution in [2.75, 3.05) is 19.6 Å². The van der Waals surface area contributed by atoms with Crippen LogP contribution >= 0.6 is 12.4 Å². The zero-order valence-corrected chi connectivity index (χ0v) is 13.7. The average Bonchev–Trinajstić information content (AvgIpc) is 2.97. The molecule has 0 radical (unpaired) electrons. The number of rotatable bonds is 3. The number of halogens is 1. The summed E-state index contributed by atoms with van der Waals surface area (Å²) in [4.78, 5) is 29.1. The lowest BCUT2D eigenvalue weighted by Gasteiger charge is -2.35. The highest BCUT2D eigenvalue weighted by Gasteiger charge is 2.35. The van der Waals surface area contributed by atoms with Crippen molar-refractivity contribution in [3.63, 3.8) is 0 Å². The largest absolute Gasteiger partial charge is 0.327 e. The number of aromatic amines is 1. The molecule has 9 nitrogen and oxygen atoms in total. The van der Waals surface area contributed by atoms with E-state index in [0.29, 0.717) is 19.6 Å².